The van der Waals surface area contributed by atoms with Crippen molar-refractivity contribution >= 4 is 0 Å². The van der Waals surface area contributed by atoms with E-state index in [9.17, 15) is 0 Å². The molecular formula is C16H26N2O. The van der Waals surface area contributed by atoms with E-state index in [1.54, 1.807) is 0 Å². The van der Waals surface area contributed by atoms with Crippen LogP contribution in [0.4, 0.5) is 0 Å². The second-order valence-electron chi connectivity index (χ2n) is 6.51. The summed E-state index contributed by atoms with van der Waals surface area (Å²) in [6.07, 6.45) is 6.89. The number of hydrogen-bond acceptors (Lipinski definition) is 3. The van der Waals surface area contributed by atoms with Crippen molar-refractivity contribution in [2.75, 3.05) is 7.05 Å². The zero-order valence-corrected chi connectivity index (χ0v) is 12.6. The van der Waals surface area contributed by atoms with E-state index in [4.69, 9.17) is 4.74 Å². The lowest BCUT2D eigenvalue weighted by Gasteiger charge is -2.28. The third-order valence-corrected chi connectivity index (χ3v) is 3.89. The second kappa shape index (κ2) is 5.91. The Bertz CT molecular complexity index is 386. The van der Waals surface area contributed by atoms with Gasteiger partial charge in [0, 0.05) is 17.2 Å². The van der Waals surface area contributed by atoms with E-state index in [-0.39, 0.29) is 5.41 Å². The molecule has 1 heterocycles. The van der Waals surface area contributed by atoms with Crippen molar-refractivity contribution in [3.05, 3.63) is 24.0 Å². The van der Waals surface area contributed by atoms with Gasteiger partial charge in [0.1, 0.15) is 5.75 Å². The molecule has 1 aromatic heterocycles. The quantitative estimate of drug-likeness (QED) is 0.907. The molecule has 1 aliphatic carbocycles. The zero-order valence-electron chi connectivity index (χ0n) is 12.6. The summed E-state index contributed by atoms with van der Waals surface area (Å²) >= 11 is 0. The Morgan fingerprint density at radius 2 is 1.84 bits per heavy atom. The Morgan fingerprint density at radius 3 is 2.32 bits per heavy atom. The van der Waals surface area contributed by atoms with Gasteiger partial charge in [0.2, 0.25) is 0 Å². The van der Waals surface area contributed by atoms with Gasteiger partial charge < -0.3 is 10.1 Å². The molecule has 1 saturated carbocycles. The molecule has 0 atom stereocenters. The molecule has 1 fully saturated rings. The fourth-order valence-electron chi connectivity index (χ4n) is 2.56. The van der Waals surface area contributed by atoms with Gasteiger partial charge in [-0.2, -0.15) is 0 Å². The lowest BCUT2D eigenvalue weighted by atomic mass is 9.91. The topological polar surface area (TPSA) is 34.1 Å². The molecule has 0 saturated heterocycles. The molecule has 3 heteroatoms. The predicted molar refractivity (Wildman–Crippen MR) is 78.7 cm³/mol. The first-order chi connectivity index (χ1) is 8.99. The molecule has 106 valence electrons. The molecule has 1 aliphatic rings. The summed E-state index contributed by atoms with van der Waals surface area (Å²) in [6.45, 7) is 6.53. The Hall–Kier alpha value is -1.09. The molecule has 1 aromatic rings. The number of nitrogens with one attached hydrogen (secondary N) is 1. The molecule has 0 bridgehead atoms. The van der Waals surface area contributed by atoms with Gasteiger partial charge in [0.25, 0.3) is 0 Å². The first kappa shape index (κ1) is 14.3. The van der Waals surface area contributed by atoms with Gasteiger partial charge in [-0.05, 0) is 44.9 Å². The number of nitrogens with zero attached hydrogens (tertiary/aromatic N) is 1. The highest BCUT2D eigenvalue weighted by atomic mass is 16.5. The van der Waals surface area contributed by atoms with Crippen molar-refractivity contribution in [1.29, 1.82) is 0 Å². The molecule has 0 radical (unpaired) electrons. The predicted octanol–water partition coefficient (Wildman–Crippen LogP) is 3.29. The van der Waals surface area contributed by atoms with Crippen LogP contribution in [0.2, 0.25) is 0 Å². The molecule has 3 nitrogen and oxygen atoms in total. The van der Waals surface area contributed by atoms with Crippen molar-refractivity contribution in [3.8, 4) is 5.75 Å². The Kier molecular flexibility index (Phi) is 4.46. The monoisotopic (exact) mass is 262 g/mol. The molecule has 19 heavy (non-hydrogen) atoms. The van der Waals surface area contributed by atoms with E-state index in [0.29, 0.717) is 12.1 Å². The maximum atomic E-state index is 6.03. The Balaban J connectivity index is 1.90. The number of aromatic nitrogens is 1. The van der Waals surface area contributed by atoms with Crippen LogP contribution in [0.3, 0.4) is 0 Å². The highest BCUT2D eigenvalue weighted by Crippen LogP contribution is 2.25. The summed E-state index contributed by atoms with van der Waals surface area (Å²) in [5.74, 6) is 0.904. The molecule has 0 aliphatic heterocycles. The SMILES string of the molecule is CN[C@H]1CC[C@H](Oc2ccc(C(C)(C)C)nc2)CC1. The van der Waals surface area contributed by atoms with E-state index < -0.39 is 0 Å². The lowest BCUT2D eigenvalue weighted by Crippen LogP contribution is -2.34. The van der Waals surface area contributed by atoms with Gasteiger partial charge in [-0.1, -0.05) is 20.8 Å². The summed E-state index contributed by atoms with van der Waals surface area (Å²) in [5.41, 5.74) is 1.21. The van der Waals surface area contributed by atoms with Crippen LogP contribution >= 0.6 is 0 Å². The van der Waals surface area contributed by atoms with E-state index in [1.807, 2.05) is 13.2 Å². The summed E-state index contributed by atoms with van der Waals surface area (Å²) < 4.78 is 6.03. The maximum Gasteiger partial charge on any atom is 0.138 e. The van der Waals surface area contributed by atoms with Gasteiger partial charge in [-0.15, -0.1) is 0 Å². The zero-order chi connectivity index (χ0) is 13.9. The molecule has 1 N–H and O–H groups in total. The van der Waals surface area contributed by atoms with Crippen LogP contribution in [-0.4, -0.2) is 24.2 Å². The van der Waals surface area contributed by atoms with Crippen LogP contribution in [-0.2, 0) is 5.41 Å². The first-order valence-electron chi connectivity index (χ1n) is 7.29. The second-order valence-corrected chi connectivity index (χ2v) is 6.51. The van der Waals surface area contributed by atoms with Crippen molar-refractivity contribution < 1.29 is 4.74 Å². The smallest absolute Gasteiger partial charge is 0.138 e. The summed E-state index contributed by atoms with van der Waals surface area (Å²) in [5, 5.41) is 3.34. The Morgan fingerprint density at radius 1 is 1.16 bits per heavy atom. The van der Waals surface area contributed by atoms with Crippen molar-refractivity contribution in [1.82, 2.24) is 10.3 Å². The highest BCUT2D eigenvalue weighted by Gasteiger charge is 2.21. The largest absolute Gasteiger partial charge is 0.489 e. The Labute approximate surface area is 116 Å². The van der Waals surface area contributed by atoms with Crippen molar-refractivity contribution in [3.63, 3.8) is 0 Å². The fourth-order valence-corrected chi connectivity index (χ4v) is 2.56. The minimum atomic E-state index is 0.101. The van der Waals surface area contributed by atoms with Crippen molar-refractivity contribution in [2.24, 2.45) is 0 Å². The molecular weight excluding hydrogens is 236 g/mol. The number of hydrogen-bond donors (Lipinski definition) is 1. The van der Waals surface area contributed by atoms with Gasteiger partial charge in [0.15, 0.2) is 0 Å². The third kappa shape index (κ3) is 3.93. The van der Waals surface area contributed by atoms with E-state index in [1.165, 1.54) is 12.8 Å². The average Bonchev–Trinajstić information content (AvgIpc) is 2.39. The first-order valence-corrected chi connectivity index (χ1v) is 7.29. The lowest BCUT2D eigenvalue weighted by molar-refractivity contribution is 0.141. The van der Waals surface area contributed by atoms with Crippen LogP contribution in [0.1, 0.15) is 52.1 Å². The summed E-state index contributed by atoms with van der Waals surface area (Å²) in [7, 11) is 2.04. The third-order valence-electron chi connectivity index (χ3n) is 3.89. The minimum absolute atomic E-state index is 0.101. The van der Waals surface area contributed by atoms with Crippen LogP contribution < -0.4 is 10.1 Å². The molecule has 0 spiro atoms. The molecule has 0 unspecified atom stereocenters. The summed E-state index contributed by atoms with van der Waals surface area (Å²) in [6, 6.07) is 4.80. The standard InChI is InChI=1S/C16H26N2O/c1-16(2,3)15-10-9-14(11-18-15)19-13-7-5-12(17-4)6-8-13/h9-13,17H,5-8H2,1-4H3/t12-,13-. The van der Waals surface area contributed by atoms with E-state index >= 15 is 0 Å². The number of ether oxygens (including phenoxy) is 1. The van der Waals surface area contributed by atoms with E-state index in [2.05, 4.69) is 43.2 Å². The normalized spacial score (nSPS) is 24.2. The van der Waals surface area contributed by atoms with Crippen LogP contribution in [0.15, 0.2) is 18.3 Å². The van der Waals surface area contributed by atoms with Gasteiger partial charge in [-0.3, -0.25) is 4.98 Å². The van der Waals surface area contributed by atoms with Crippen molar-refractivity contribution in [2.45, 2.75) is 64.0 Å². The van der Waals surface area contributed by atoms with Gasteiger partial charge in [-0.25, -0.2) is 0 Å². The molecule has 0 aromatic carbocycles. The van der Waals surface area contributed by atoms with Gasteiger partial charge >= 0.3 is 0 Å². The van der Waals surface area contributed by atoms with Crippen LogP contribution in [0.25, 0.3) is 0 Å². The van der Waals surface area contributed by atoms with Crippen LogP contribution in [0.5, 0.6) is 5.75 Å². The highest BCUT2D eigenvalue weighted by molar-refractivity contribution is 5.23. The average molecular weight is 262 g/mol. The number of rotatable bonds is 3. The molecule has 0 amide bonds. The maximum absolute atomic E-state index is 6.03. The minimum Gasteiger partial charge on any atom is -0.489 e. The summed E-state index contributed by atoms with van der Waals surface area (Å²) in [4.78, 5) is 4.51. The van der Waals surface area contributed by atoms with E-state index in [0.717, 1.165) is 24.3 Å². The number of pyridine rings is 1. The molecule has 2 rings (SSSR count). The fraction of sp³-hybridized carbons (Fsp3) is 0.688. The van der Waals surface area contributed by atoms with Gasteiger partial charge in [0.05, 0.1) is 12.3 Å². The van der Waals surface area contributed by atoms with Crippen LogP contribution in [0, 0.1) is 0 Å².